The lowest BCUT2D eigenvalue weighted by atomic mass is 10.0. The van der Waals surface area contributed by atoms with Crippen molar-refractivity contribution in [3.8, 4) is 0 Å². The molecule has 3 heteroatoms. The predicted molar refractivity (Wildman–Crippen MR) is 62.9 cm³/mol. The summed E-state index contributed by atoms with van der Waals surface area (Å²) in [5, 5.41) is 0.809. The number of hydrogen-bond donors (Lipinski definition) is 0. The van der Waals surface area contributed by atoms with Gasteiger partial charge in [0.15, 0.2) is 0 Å². The third-order valence-electron chi connectivity index (χ3n) is 2.11. The Hall–Kier alpha value is -0.340. The second-order valence-electron chi connectivity index (χ2n) is 3.12. The molecule has 0 atom stereocenters. The van der Waals surface area contributed by atoms with Gasteiger partial charge in [-0.15, -0.1) is 17.0 Å². The van der Waals surface area contributed by atoms with E-state index in [1.54, 1.807) is 0 Å². The van der Waals surface area contributed by atoms with E-state index in [0.717, 1.165) is 23.6 Å². The molecule has 0 spiro atoms. The van der Waals surface area contributed by atoms with Crippen LogP contribution in [0.15, 0.2) is 23.2 Å². The van der Waals surface area contributed by atoms with E-state index in [1.165, 1.54) is 11.3 Å². The predicted octanol–water partition coefficient (Wildman–Crippen LogP) is 3.96. The molecule has 70 valence electrons. The molecule has 1 aromatic carbocycles. The number of aliphatic imine (C=N–C) groups is 1. The monoisotopic (exact) mass is 259 g/mol. The molecule has 1 aliphatic heterocycles. The number of aryl methyl sites for hydroxylation is 1. The number of nitrogens with zero attached hydrogens (tertiary/aromatic N) is 1. The summed E-state index contributed by atoms with van der Waals surface area (Å²) in [7, 11) is 0. The first-order valence-electron chi connectivity index (χ1n) is 4.08. The highest BCUT2D eigenvalue weighted by Gasteiger charge is 2.08. The third-order valence-corrected chi connectivity index (χ3v) is 2.34. The highest BCUT2D eigenvalue weighted by Crippen LogP contribution is 2.28. The molecule has 0 unspecified atom stereocenters. The number of benzene rings is 1. The fourth-order valence-electron chi connectivity index (χ4n) is 1.44. The van der Waals surface area contributed by atoms with Crippen molar-refractivity contribution in [2.75, 3.05) is 0 Å². The minimum atomic E-state index is 0. The van der Waals surface area contributed by atoms with Crippen LogP contribution >= 0.6 is 28.6 Å². The molecule has 0 N–H and O–H groups in total. The Morgan fingerprint density at radius 1 is 1.31 bits per heavy atom. The summed E-state index contributed by atoms with van der Waals surface area (Å²) in [6, 6.07) is 5.88. The average Bonchev–Trinajstić information content (AvgIpc) is 2.05. The van der Waals surface area contributed by atoms with Gasteiger partial charge in [0.25, 0.3) is 0 Å². The summed E-state index contributed by atoms with van der Waals surface area (Å²) in [5.74, 6) is 0. The van der Waals surface area contributed by atoms with Crippen LogP contribution in [0.25, 0.3) is 0 Å². The minimum Gasteiger partial charge on any atom is -0.258 e. The van der Waals surface area contributed by atoms with Gasteiger partial charge in [-0.1, -0.05) is 11.6 Å². The van der Waals surface area contributed by atoms with Crippen LogP contribution in [0, 0.1) is 0 Å². The van der Waals surface area contributed by atoms with Crippen molar-refractivity contribution < 1.29 is 0 Å². The zero-order valence-electron chi connectivity index (χ0n) is 7.38. The molecule has 1 heterocycles. The Bertz CT molecular complexity index is 347. The van der Waals surface area contributed by atoms with E-state index in [1.807, 2.05) is 18.2 Å². The molecule has 0 radical (unpaired) electrons. The van der Waals surface area contributed by atoms with Gasteiger partial charge in [0.05, 0.1) is 5.69 Å². The molecule has 0 fully saturated rings. The molecule has 0 bridgehead atoms. The second kappa shape index (κ2) is 4.25. The highest BCUT2D eigenvalue weighted by atomic mass is 79.9. The SMILES string of the molecule is Br.CC1=Nc2ccc(Cl)cc2CC1. The van der Waals surface area contributed by atoms with Crippen LogP contribution in [-0.2, 0) is 6.42 Å². The summed E-state index contributed by atoms with van der Waals surface area (Å²) in [6.07, 6.45) is 2.14. The van der Waals surface area contributed by atoms with E-state index in [9.17, 15) is 0 Å². The van der Waals surface area contributed by atoms with Crippen molar-refractivity contribution >= 4 is 40.0 Å². The zero-order valence-corrected chi connectivity index (χ0v) is 9.85. The van der Waals surface area contributed by atoms with Crippen LogP contribution in [0.1, 0.15) is 18.9 Å². The van der Waals surface area contributed by atoms with Gasteiger partial charge in [-0.05, 0) is 43.5 Å². The first-order valence-corrected chi connectivity index (χ1v) is 4.46. The molecule has 2 rings (SSSR count). The zero-order chi connectivity index (χ0) is 8.55. The van der Waals surface area contributed by atoms with Gasteiger partial charge in [-0.25, -0.2) is 0 Å². The topological polar surface area (TPSA) is 12.4 Å². The van der Waals surface area contributed by atoms with Crippen LogP contribution in [0.3, 0.4) is 0 Å². The smallest absolute Gasteiger partial charge is 0.0662 e. The molecular formula is C10H11BrClN. The molecule has 0 saturated heterocycles. The van der Waals surface area contributed by atoms with Gasteiger partial charge in [0.2, 0.25) is 0 Å². The largest absolute Gasteiger partial charge is 0.258 e. The quantitative estimate of drug-likeness (QED) is 0.670. The third kappa shape index (κ3) is 2.32. The molecule has 13 heavy (non-hydrogen) atoms. The Morgan fingerprint density at radius 2 is 2.08 bits per heavy atom. The Kier molecular flexibility index (Phi) is 3.51. The van der Waals surface area contributed by atoms with Crippen LogP contribution in [0.4, 0.5) is 5.69 Å². The van der Waals surface area contributed by atoms with Crippen molar-refractivity contribution in [1.82, 2.24) is 0 Å². The lowest BCUT2D eigenvalue weighted by molar-refractivity contribution is 1.00. The maximum absolute atomic E-state index is 5.86. The van der Waals surface area contributed by atoms with E-state index in [2.05, 4.69) is 11.9 Å². The van der Waals surface area contributed by atoms with Crippen molar-refractivity contribution in [2.24, 2.45) is 4.99 Å². The first-order chi connectivity index (χ1) is 5.75. The standard InChI is InChI=1S/C10H10ClN.BrH/c1-7-2-3-8-6-9(11)4-5-10(8)12-7;/h4-6H,2-3H2,1H3;1H. The van der Waals surface area contributed by atoms with Crippen LogP contribution < -0.4 is 0 Å². The summed E-state index contributed by atoms with van der Waals surface area (Å²) in [6.45, 7) is 2.07. The molecule has 0 aromatic heterocycles. The van der Waals surface area contributed by atoms with Gasteiger partial charge in [-0.3, -0.25) is 4.99 Å². The first kappa shape index (κ1) is 10.7. The average molecular weight is 261 g/mol. The molecular weight excluding hydrogens is 249 g/mol. The van der Waals surface area contributed by atoms with Crippen LogP contribution in [0.5, 0.6) is 0 Å². The van der Waals surface area contributed by atoms with Crippen molar-refractivity contribution in [1.29, 1.82) is 0 Å². The molecule has 1 aliphatic rings. The molecule has 1 nitrogen and oxygen atoms in total. The summed E-state index contributed by atoms with van der Waals surface area (Å²) in [5.41, 5.74) is 3.57. The Balaban J connectivity index is 0.000000845. The Morgan fingerprint density at radius 3 is 2.85 bits per heavy atom. The van der Waals surface area contributed by atoms with Gasteiger partial charge >= 0.3 is 0 Å². The van der Waals surface area contributed by atoms with Crippen LogP contribution in [-0.4, -0.2) is 5.71 Å². The minimum absolute atomic E-state index is 0. The van der Waals surface area contributed by atoms with Crippen molar-refractivity contribution in [2.45, 2.75) is 19.8 Å². The molecule has 0 amide bonds. The van der Waals surface area contributed by atoms with Crippen molar-refractivity contribution in [3.63, 3.8) is 0 Å². The fraction of sp³-hybridized carbons (Fsp3) is 0.300. The fourth-order valence-corrected chi connectivity index (χ4v) is 1.64. The highest BCUT2D eigenvalue weighted by molar-refractivity contribution is 8.93. The van der Waals surface area contributed by atoms with Gasteiger partial charge in [0.1, 0.15) is 0 Å². The van der Waals surface area contributed by atoms with Gasteiger partial charge in [-0.2, -0.15) is 0 Å². The maximum Gasteiger partial charge on any atom is 0.0662 e. The second-order valence-corrected chi connectivity index (χ2v) is 3.56. The number of fused-ring (bicyclic) bond motifs is 1. The summed E-state index contributed by atoms with van der Waals surface area (Å²) in [4.78, 5) is 4.44. The lowest BCUT2D eigenvalue weighted by Gasteiger charge is -2.12. The van der Waals surface area contributed by atoms with Gasteiger partial charge < -0.3 is 0 Å². The number of hydrogen-bond acceptors (Lipinski definition) is 1. The number of rotatable bonds is 0. The van der Waals surface area contributed by atoms with E-state index in [-0.39, 0.29) is 17.0 Å². The Labute approximate surface area is 93.6 Å². The molecule has 0 saturated carbocycles. The van der Waals surface area contributed by atoms with E-state index >= 15 is 0 Å². The van der Waals surface area contributed by atoms with Crippen LogP contribution in [0.2, 0.25) is 5.02 Å². The van der Waals surface area contributed by atoms with E-state index < -0.39 is 0 Å². The number of halogens is 2. The maximum atomic E-state index is 5.86. The lowest BCUT2D eigenvalue weighted by Crippen LogP contribution is -2.00. The van der Waals surface area contributed by atoms with Gasteiger partial charge in [0, 0.05) is 10.7 Å². The summed E-state index contributed by atoms with van der Waals surface area (Å²) < 4.78 is 0. The van der Waals surface area contributed by atoms with E-state index in [0.29, 0.717) is 0 Å². The molecule has 0 aliphatic carbocycles. The summed E-state index contributed by atoms with van der Waals surface area (Å²) >= 11 is 5.86. The normalized spacial score (nSPS) is 14.2. The van der Waals surface area contributed by atoms with E-state index in [4.69, 9.17) is 11.6 Å². The van der Waals surface area contributed by atoms with Crippen molar-refractivity contribution in [3.05, 3.63) is 28.8 Å². The molecule has 1 aromatic rings.